The number of benzene rings is 9. The van der Waals surface area contributed by atoms with Crippen molar-refractivity contribution in [2.75, 3.05) is 159 Å². The monoisotopic (exact) mass is 2170 g/mol. The molecule has 0 spiro atoms. The van der Waals surface area contributed by atoms with E-state index in [9.17, 15) is 43.2 Å². The fourth-order valence-electron chi connectivity index (χ4n) is 15.3. The van der Waals surface area contributed by atoms with Gasteiger partial charge in [-0.25, -0.2) is 29.9 Å². The maximum atomic E-state index is 12.9. The van der Waals surface area contributed by atoms with Crippen LogP contribution in [0.25, 0.3) is 66.9 Å². The summed E-state index contributed by atoms with van der Waals surface area (Å²) in [6, 6.07) is 51.1. The molecule has 19 rings (SSSR count). The maximum absolute atomic E-state index is 12.9. The Balaban J connectivity index is 0.000000181. The minimum Gasteiger partial charge on any atom is -0.512 e. The van der Waals surface area contributed by atoms with Gasteiger partial charge in [0.25, 0.3) is 0 Å². The zero-order valence-electron chi connectivity index (χ0n) is 75.8. The fraction of sp³-hybridized carbons (Fsp3) is 0.266. The van der Waals surface area contributed by atoms with E-state index in [0.717, 1.165) is 45.8 Å². The van der Waals surface area contributed by atoms with Crippen LogP contribution in [0.3, 0.4) is 0 Å². The number of oxazole rings is 5. The van der Waals surface area contributed by atoms with Crippen molar-refractivity contribution < 1.29 is 92.2 Å². The van der Waals surface area contributed by atoms with E-state index in [1.54, 1.807) is 133 Å². The number of hydrogen-bond acceptors (Lipinski definition) is 32. The van der Waals surface area contributed by atoms with Crippen molar-refractivity contribution in [2.45, 2.75) is 27.1 Å². The van der Waals surface area contributed by atoms with Crippen LogP contribution in [0.2, 0.25) is 20.1 Å². The molecular weight excluding hydrogens is 2080 g/mol. The van der Waals surface area contributed by atoms with Crippen molar-refractivity contribution in [3.8, 4) is 46.5 Å². The summed E-state index contributed by atoms with van der Waals surface area (Å²) in [6.07, 6.45) is 1.22. The van der Waals surface area contributed by atoms with Crippen molar-refractivity contribution in [3.05, 3.63) is 271 Å². The molecule has 4 saturated heterocycles. The Morgan fingerprint density at radius 2 is 0.783 bits per heavy atom. The number of rotatable bonds is 17. The number of halogens is 6. The second-order valence-corrected chi connectivity index (χ2v) is 33.4. The Hall–Kier alpha value is -15.1. The van der Waals surface area contributed by atoms with Crippen molar-refractivity contribution >= 4 is 182 Å². The zero-order chi connectivity index (χ0) is 101. The summed E-state index contributed by atoms with van der Waals surface area (Å²) in [4.78, 5) is 133. The van der Waals surface area contributed by atoms with E-state index in [1.807, 2.05) is 72.8 Å². The van der Waals surface area contributed by atoms with Gasteiger partial charge in [0.1, 0.15) is 48.5 Å². The number of nitrogens with one attached hydrogen (secondary N) is 2. The molecular formula is C94H92BrCl5CuN21O21. The number of nitrogens with zero attached hydrogens (tertiary/aromatic N) is 17. The molecule has 15 aromatic rings. The summed E-state index contributed by atoms with van der Waals surface area (Å²) >= 11 is 33.1. The molecule has 4 amide bonds. The molecule has 0 unspecified atom stereocenters. The van der Waals surface area contributed by atoms with Gasteiger partial charge in [0.15, 0.2) is 33.8 Å². The molecule has 4 aliphatic heterocycles. The number of alkyl halides is 1. The Morgan fingerprint density at radius 3 is 1.13 bits per heavy atom. The van der Waals surface area contributed by atoms with Crippen LogP contribution >= 0.6 is 73.9 Å². The number of amides is 4. The molecule has 42 nitrogen and oxygen atoms in total. The summed E-state index contributed by atoms with van der Waals surface area (Å²) in [7, 11) is 6.32. The first-order valence-electron chi connectivity index (χ1n) is 42.5. The van der Waals surface area contributed by atoms with Crippen LogP contribution in [0.5, 0.6) is 23.0 Å². The quantitative estimate of drug-likeness (QED) is 0.00938. The summed E-state index contributed by atoms with van der Waals surface area (Å²) in [6.45, 7) is 14.5. The predicted octanol–water partition coefficient (Wildman–Crippen LogP) is 12.0. The van der Waals surface area contributed by atoms with Crippen LogP contribution in [0.15, 0.2) is 230 Å². The number of carbonyl (C=O) groups is 4. The Morgan fingerprint density at radius 1 is 0.455 bits per heavy atom. The number of fused-ring (bicyclic) bond motifs is 5. The van der Waals surface area contributed by atoms with Crippen molar-refractivity contribution in [3.63, 3.8) is 0 Å². The second-order valence-electron chi connectivity index (χ2n) is 30.6. The molecule has 0 saturated carbocycles. The normalized spacial score (nSPS) is 13.3. The van der Waals surface area contributed by atoms with Crippen LogP contribution in [-0.2, 0) is 55.9 Å². The molecule has 8 N–H and O–H groups in total. The third-order valence-corrected chi connectivity index (χ3v) is 24.6. The Bertz CT molecular complexity index is 7440. The fourth-order valence-corrected chi connectivity index (χ4v) is 16.6. The third-order valence-electron chi connectivity index (χ3n) is 22.6. The molecule has 0 atom stereocenters. The number of nitrogens with two attached hydrogens (primary N) is 2. The minimum absolute atomic E-state index is 0. The minimum atomic E-state index is -0.642. The van der Waals surface area contributed by atoms with E-state index in [1.165, 1.54) is 38.3 Å². The van der Waals surface area contributed by atoms with Gasteiger partial charge in [-0.2, -0.15) is 15.5 Å². The first kappa shape index (κ1) is 110. The number of ether oxygens (including phenoxy) is 4. The number of methoxy groups -OCH3 is 4. The number of carbonyl (C=O) groups excluding carboxylic acids is 4. The maximum Gasteiger partial charge on any atom is 1.00 e. The van der Waals surface area contributed by atoms with Gasteiger partial charge >= 0.3 is 45.8 Å². The van der Waals surface area contributed by atoms with Gasteiger partial charge in [0.2, 0.25) is 35.8 Å². The first-order chi connectivity index (χ1) is 68.1. The zero-order valence-corrected chi connectivity index (χ0v) is 82.1. The molecule has 9 aromatic carbocycles. The van der Waals surface area contributed by atoms with E-state index >= 15 is 0 Å². The van der Waals surface area contributed by atoms with Gasteiger partial charge in [0.05, 0.1) is 99.4 Å². The molecule has 49 heteroatoms. The molecule has 752 valence electrons. The number of anilines is 4. The summed E-state index contributed by atoms with van der Waals surface area (Å²) in [5, 5.41) is 48.0. The van der Waals surface area contributed by atoms with E-state index in [-0.39, 0.29) is 85.1 Å². The van der Waals surface area contributed by atoms with E-state index in [0.29, 0.717) is 207 Å². The molecule has 4 fully saturated rings. The summed E-state index contributed by atoms with van der Waals surface area (Å²) in [5.41, 5.74) is 16.2. The largest absolute Gasteiger partial charge is 1.00 e. The number of nitriles is 2. The van der Waals surface area contributed by atoms with Crippen molar-refractivity contribution in [1.82, 2.24) is 53.4 Å². The number of piperazine rings is 4. The number of amidine groups is 1. The Kier molecular flexibility index (Phi) is 39.8. The van der Waals surface area contributed by atoms with Crippen LogP contribution in [0, 0.1) is 34.5 Å². The third kappa shape index (κ3) is 27.4. The van der Waals surface area contributed by atoms with Crippen molar-refractivity contribution in [1.29, 1.82) is 15.8 Å². The van der Waals surface area contributed by atoms with Crippen molar-refractivity contribution in [2.24, 2.45) is 16.8 Å². The van der Waals surface area contributed by atoms with Crippen LogP contribution in [-0.4, -0.2) is 232 Å². The molecule has 0 radical (unpaired) electrons. The van der Waals surface area contributed by atoms with Crippen LogP contribution in [0.4, 0.5) is 22.7 Å². The second kappa shape index (κ2) is 51.9. The first-order valence-corrected chi connectivity index (χ1v) is 45.3. The summed E-state index contributed by atoms with van der Waals surface area (Å²) in [5.74, 6) is 3.09. The number of H-pyrrole nitrogens is 2. The Labute approximate surface area is 857 Å². The number of aromatic nitrogens is 7. The van der Waals surface area contributed by atoms with Crippen LogP contribution < -0.4 is 79.0 Å². The average Bonchev–Trinajstić information content (AvgIpc) is 1.64. The van der Waals surface area contributed by atoms with Gasteiger partial charge in [-0.3, -0.25) is 42.8 Å². The number of hydrogen-bond donors (Lipinski definition) is 6. The number of oxime groups is 1. The van der Waals surface area contributed by atoms with E-state index in [2.05, 4.69) is 66.7 Å². The molecule has 0 aliphatic carbocycles. The van der Waals surface area contributed by atoms with E-state index in [4.69, 9.17) is 142 Å². The van der Waals surface area contributed by atoms with Gasteiger partial charge < -0.3 is 113 Å². The molecule has 10 heterocycles. The molecule has 143 heavy (non-hydrogen) atoms. The van der Waals surface area contributed by atoms with Gasteiger partial charge in [0, 0.05) is 179 Å². The smallest absolute Gasteiger partial charge is 0.512 e. The standard InChI is InChI=1S/C22H20ClN5O5.C21H22ClN5O5.C21H19ClN4O4.C13H16Cl2N2O2.C8H4N2O2.C7H4BrNO2.CN.CH4.Cu.H3NO/c1-31-18-11-15(3-4-16(18)23)26-6-8-27(9-7-26)20(29)12-28-17-5-2-14(21-24-13-32-25-21)10-19(17)33-22(28)30;1-31-17-11-14(3-4-15(17)22)25-6-8-26(9-7-25)19(28)12-27-16-5-2-13(20(23)24-30)10-18(16)32-21(27)29;1-29-18-11-15(3-4-16(18)22)24-6-8-25(9-7-24)20(27)13-26-17-5-2-14(12-23)10-19(17)30-21(26)28;1-19-12-8-10(2-3-11(12)15)16-4-6-17(7-5-16)13(18)9-14;9-4-5-1-2-6-7(3-5)12-8(11)10-6;8-4-1-2-5-6(3-4)11-7(10)9-5;1-2;;;1-2/h2-5,10-11,13H,6-9,12H2,1H3;2-5,10-11,30H,6-9,12H2,1H3,(H2,23,24);2-5,10-11H,6-9,13H2,1H3;2-3,8H,4-7,9H2,1H3;1-3H,(H,10,11);1-3H,(H,9,10);;1H4;;2H,1H2/q;;;;;;-1;;+1;. The summed E-state index contributed by atoms with van der Waals surface area (Å²) < 4.78 is 56.0. The van der Waals surface area contributed by atoms with Gasteiger partial charge in [-0.1, -0.05) is 80.1 Å². The number of aromatic amines is 2. The predicted molar refractivity (Wildman–Crippen MR) is 534 cm³/mol. The van der Waals surface area contributed by atoms with Gasteiger partial charge in [-0.05, 0) is 127 Å². The van der Waals surface area contributed by atoms with Crippen LogP contribution in [0.1, 0.15) is 24.1 Å². The van der Waals surface area contributed by atoms with E-state index < -0.39 is 28.8 Å². The average molecular weight is 2170 g/mol. The van der Waals surface area contributed by atoms with Gasteiger partial charge in [-0.15, -0.1) is 11.6 Å². The SMILES string of the molecule is C.COc1cc(N2CCN(C(=O)CCl)CC2)ccc1Cl.COc1cc(N2CCN(C(=O)Cn3c(=O)oc4cc(-c5ncon5)ccc43)CC2)ccc1Cl.COc1cc(N2CCN(C(=O)Cn3c(=O)oc4cc(/C(N)=N/O)ccc43)CC2)ccc1Cl.COc1cc(N2CCN(C(=O)Cn3c(=O)oc4cc(C#N)ccc43)CC2)ccc1Cl.N#Cc1ccc2[nH]c(=O)oc2c1.NO.O=c1[nH]c2ccc(Br)cc2o1.[C-]#N.[Cu+]. The molecule has 4 aliphatic rings. The molecule has 0 bridgehead atoms. The molecule has 6 aromatic heterocycles. The topological polar surface area (TPSA) is 544 Å².